The lowest BCUT2D eigenvalue weighted by molar-refractivity contribution is -0.124. The van der Waals surface area contributed by atoms with Gasteiger partial charge in [0.2, 0.25) is 5.91 Å². The molecule has 1 amide bonds. The van der Waals surface area contributed by atoms with Gasteiger partial charge in [0.1, 0.15) is 23.4 Å². The Morgan fingerprint density at radius 2 is 2.09 bits per heavy atom. The molecule has 0 saturated heterocycles. The van der Waals surface area contributed by atoms with Crippen LogP contribution in [0.2, 0.25) is 0 Å². The number of aryl methyl sites for hydroxylation is 1. The average Bonchev–Trinajstić information content (AvgIpc) is 3.27. The highest BCUT2D eigenvalue weighted by Crippen LogP contribution is 2.51. The molecule has 1 aromatic carbocycles. The summed E-state index contributed by atoms with van der Waals surface area (Å²) < 4.78 is 10.8. The Kier molecular flexibility index (Phi) is 4.13. The number of aliphatic hydroxyl groups is 1. The molecule has 5 nitrogen and oxygen atoms in total. The third-order valence-electron chi connectivity index (χ3n) is 4.35. The molecule has 122 valence electrons. The van der Waals surface area contributed by atoms with Gasteiger partial charge in [-0.2, -0.15) is 0 Å². The smallest absolute Gasteiger partial charge is 0.230 e. The van der Waals surface area contributed by atoms with Crippen molar-refractivity contribution < 1.29 is 19.1 Å². The maximum Gasteiger partial charge on any atom is 0.230 e. The first-order chi connectivity index (χ1) is 11.1. The lowest BCUT2D eigenvalue weighted by atomic mass is 9.94. The maximum absolute atomic E-state index is 12.6. The molecule has 1 aliphatic carbocycles. The summed E-state index contributed by atoms with van der Waals surface area (Å²) in [6, 6.07) is 11.1. The Morgan fingerprint density at radius 1 is 1.35 bits per heavy atom. The Balaban J connectivity index is 1.68. The summed E-state index contributed by atoms with van der Waals surface area (Å²) in [4.78, 5) is 12.6. The monoisotopic (exact) mass is 315 g/mol. The van der Waals surface area contributed by atoms with Crippen LogP contribution in [0.1, 0.15) is 36.0 Å². The van der Waals surface area contributed by atoms with E-state index < -0.39 is 11.5 Å². The molecule has 0 bridgehead atoms. The van der Waals surface area contributed by atoms with E-state index in [0.717, 1.165) is 29.9 Å². The molecule has 1 fully saturated rings. The summed E-state index contributed by atoms with van der Waals surface area (Å²) >= 11 is 0. The SMILES string of the molecule is COc1ccccc1C1(C(=O)NCC(O)c2ccc(C)o2)CC1. The van der Waals surface area contributed by atoms with Gasteiger partial charge >= 0.3 is 0 Å². The van der Waals surface area contributed by atoms with Gasteiger partial charge < -0.3 is 19.6 Å². The van der Waals surface area contributed by atoms with Gasteiger partial charge in [-0.05, 0) is 38.0 Å². The van der Waals surface area contributed by atoms with Gasteiger partial charge in [-0.15, -0.1) is 0 Å². The standard InChI is InChI=1S/C18H21NO4/c1-12-7-8-16(23-12)14(20)11-19-17(21)18(9-10-18)13-5-3-4-6-15(13)22-2/h3-8,14,20H,9-11H2,1-2H3,(H,19,21). The number of ether oxygens (including phenoxy) is 1. The zero-order valence-electron chi connectivity index (χ0n) is 13.3. The van der Waals surface area contributed by atoms with Crippen molar-refractivity contribution in [2.75, 3.05) is 13.7 Å². The van der Waals surface area contributed by atoms with Crippen molar-refractivity contribution in [1.29, 1.82) is 0 Å². The van der Waals surface area contributed by atoms with Gasteiger partial charge in [0.15, 0.2) is 0 Å². The minimum atomic E-state index is -0.846. The molecule has 0 spiro atoms. The van der Waals surface area contributed by atoms with Gasteiger partial charge in [0.25, 0.3) is 0 Å². The number of nitrogens with one attached hydrogen (secondary N) is 1. The second-order valence-electron chi connectivity index (χ2n) is 5.96. The third kappa shape index (κ3) is 2.97. The predicted molar refractivity (Wildman–Crippen MR) is 85.3 cm³/mol. The van der Waals surface area contributed by atoms with Crippen molar-refractivity contribution in [1.82, 2.24) is 5.32 Å². The molecule has 1 aliphatic rings. The number of amides is 1. The summed E-state index contributed by atoms with van der Waals surface area (Å²) in [7, 11) is 1.61. The molecule has 0 aliphatic heterocycles. The first-order valence-electron chi connectivity index (χ1n) is 7.73. The Hall–Kier alpha value is -2.27. The number of methoxy groups -OCH3 is 1. The van der Waals surface area contributed by atoms with E-state index in [-0.39, 0.29) is 12.5 Å². The van der Waals surface area contributed by atoms with Crippen LogP contribution in [0.5, 0.6) is 5.75 Å². The van der Waals surface area contributed by atoms with E-state index in [1.807, 2.05) is 31.2 Å². The van der Waals surface area contributed by atoms with Crippen LogP contribution in [0.15, 0.2) is 40.8 Å². The summed E-state index contributed by atoms with van der Waals surface area (Å²) in [6.07, 6.45) is 0.728. The zero-order chi connectivity index (χ0) is 16.4. The number of furan rings is 1. The molecular formula is C18H21NO4. The fourth-order valence-electron chi connectivity index (χ4n) is 2.88. The summed E-state index contributed by atoms with van der Waals surface area (Å²) in [5.41, 5.74) is 0.370. The van der Waals surface area contributed by atoms with Gasteiger partial charge in [-0.3, -0.25) is 4.79 Å². The van der Waals surface area contributed by atoms with Crippen molar-refractivity contribution in [3.05, 3.63) is 53.5 Å². The first kappa shape index (κ1) is 15.6. The van der Waals surface area contributed by atoms with Gasteiger partial charge in [0, 0.05) is 5.56 Å². The molecule has 23 heavy (non-hydrogen) atoms. The number of aliphatic hydroxyl groups excluding tert-OH is 1. The second-order valence-corrected chi connectivity index (χ2v) is 5.96. The number of rotatable bonds is 6. The van der Waals surface area contributed by atoms with Crippen LogP contribution in [0.4, 0.5) is 0 Å². The molecule has 1 aromatic heterocycles. The van der Waals surface area contributed by atoms with E-state index in [4.69, 9.17) is 9.15 Å². The highest BCUT2D eigenvalue weighted by Gasteiger charge is 2.52. The van der Waals surface area contributed by atoms with E-state index in [9.17, 15) is 9.90 Å². The van der Waals surface area contributed by atoms with Crippen molar-refractivity contribution in [2.45, 2.75) is 31.3 Å². The molecule has 3 rings (SSSR count). The van der Waals surface area contributed by atoms with Crippen LogP contribution in [0.3, 0.4) is 0 Å². The van der Waals surface area contributed by atoms with Crippen molar-refractivity contribution in [2.24, 2.45) is 0 Å². The van der Waals surface area contributed by atoms with E-state index in [2.05, 4.69) is 5.32 Å². The van der Waals surface area contributed by atoms with Crippen LogP contribution in [0, 0.1) is 6.92 Å². The van der Waals surface area contributed by atoms with Crippen LogP contribution < -0.4 is 10.1 Å². The number of carbonyl (C=O) groups excluding carboxylic acids is 1. The van der Waals surface area contributed by atoms with Crippen LogP contribution >= 0.6 is 0 Å². The third-order valence-corrected chi connectivity index (χ3v) is 4.35. The quantitative estimate of drug-likeness (QED) is 0.859. The Morgan fingerprint density at radius 3 is 2.70 bits per heavy atom. The highest BCUT2D eigenvalue weighted by molar-refractivity contribution is 5.92. The molecular weight excluding hydrogens is 294 g/mol. The molecule has 1 atom stereocenters. The minimum absolute atomic E-state index is 0.0793. The number of para-hydroxylation sites is 1. The molecule has 2 N–H and O–H groups in total. The van der Waals surface area contributed by atoms with Crippen LogP contribution in [0.25, 0.3) is 0 Å². The summed E-state index contributed by atoms with van der Waals surface area (Å²) in [5, 5.41) is 12.9. The van der Waals surface area contributed by atoms with E-state index in [1.165, 1.54) is 0 Å². The second kappa shape index (κ2) is 6.08. The fourth-order valence-corrected chi connectivity index (χ4v) is 2.88. The van der Waals surface area contributed by atoms with Gasteiger partial charge in [0.05, 0.1) is 19.1 Å². The van der Waals surface area contributed by atoms with Crippen LogP contribution in [-0.2, 0) is 10.2 Å². The number of hydrogen-bond acceptors (Lipinski definition) is 4. The van der Waals surface area contributed by atoms with E-state index >= 15 is 0 Å². The Labute approximate surface area is 135 Å². The normalized spacial score (nSPS) is 16.7. The van der Waals surface area contributed by atoms with E-state index in [0.29, 0.717) is 5.76 Å². The first-order valence-corrected chi connectivity index (χ1v) is 7.73. The molecule has 1 unspecified atom stereocenters. The topological polar surface area (TPSA) is 71.7 Å². The molecule has 1 heterocycles. The van der Waals surface area contributed by atoms with Crippen molar-refractivity contribution >= 4 is 5.91 Å². The lowest BCUT2D eigenvalue weighted by Gasteiger charge is -2.19. The fraction of sp³-hybridized carbons (Fsp3) is 0.389. The number of carbonyl (C=O) groups is 1. The molecule has 2 aromatic rings. The highest BCUT2D eigenvalue weighted by atomic mass is 16.5. The molecule has 5 heteroatoms. The zero-order valence-corrected chi connectivity index (χ0v) is 13.3. The van der Waals surface area contributed by atoms with E-state index in [1.54, 1.807) is 19.2 Å². The minimum Gasteiger partial charge on any atom is -0.496 e. The lowest BCUT2D eigenvalue weighted by Crippen LogP contribution is -2.37. The largest absolute Gasteiger partial charge is 0.496 e. The predicted octanol–water partition coefficient (Wildman–Crippen LogP) is 2.48. The summed E-state index contributed by atoms with van der Waals surface area (Å²) in [5.74, 6) is 1.84. The average molecular weight is 315 g/mol. The van der Waals surface area contributed by atoms with Gasteiger partial charge in [-0.25, -0.2) is 0 Å². The maximum atomic E-state index is 12.6. The van der Waals surface area contributed by atoms with Crippen molar-refractivity contribution in [3.8, 4) is 5.75 Å². The number of benzene rings is 1. The molecule has 0 radical (unpaired) electrons. The molecule has 1 saturated carbocycles. The van der Waals surface area contributed by atoms with Crippen LogP contribution in [-0.4, -0.2) is 24.7 Å². The van der Waals surface area contributed by atoms with Crippen molar-refractivity contribution in [3.63, 3.8) is 0 Å². The summed E-state index contributed by atoms with van der Waals surface area (Å²) in [6.45, 7) is 1.94. The Bertz CT molecular complexity index is 703. The van der Waals surface area contributed by atoms with Gasteiger partial charge in [-0.1, -0.05) is 18.2 Å². The number of hydrogen-bond donors (Lipinski definition) is 2.